The zero-order valence-electron chi connectivity index (χ0n) is 19.0. The van der Waals surface area contributed by atoms with Crippen molar-refractivity contribution in [2.45, 2.75) is 51.1 Å². The standard InChI is InChI=1S/C26H30N2O5/c1-16(24(29)28-14-8-7-13-23(28)25(30)31)17(2)27-26(32)33-15-22-20-11-5-3-9-18(20)19-10-4-6-12-21(19)22/h3-6,9-12,16-17,22-23H,7-8,13-15H2,1-2H3,(H,27,32)(H,30,31). The smallest absolute Gasteiger partial charge is 0.407 e. The van der Waals surface area contributed by atoms with E-state index in [9.17, 15) is 19.5 Å². The quantitative estimate of drug-likeness (QED) is 0.693. The van der Waals surface area contributed by atoms with E-state index >= 15 is 0 Å². The second-order valence-corrected chi connectivity index (χ2v) is 8.93. The number of hydrogen-bond donors (Lipinski definition) is 2. The number of nitrogens with zero attached hydrogens (tertiary/aromatic N) is 1. The number of alkyl carbamates (subject to hydrolysis) is 1. The lowest BCUT2D eigenvalue weighted by molar-refractivity contribution is -0.154. The summed E-state index contributed by atoms with van der Waals surface area (Å²) in [5, 5.41) is 12.2. The van der Waals surface area contributed by atoms with Crippen LogP contribution in [-0.2, 0) is 14.3 Å². The Morgan fingerprint density at radius 3 is 2.24 bits per heavy atom. The number of ether oxygens (including phenoxy) is 1. The van der Waals surface area contributed by atoms with Gasteiger partial charge in [-0.05, 0) is 48.4 Å². The normalized spacial score (nSPS) is 19.2. The third-order valence-electron chi connectivity index (χ3n) is 6.90. The molecule has 2 N–H and O–H groups in total. The zero-order valence-corrected chi connectivity index (χ0v) is 19.0. The summed E-state index contributed by atoms with van der Waals surface area (Å²) in [7, 11) is 0. The van der Waals surface area contributed by atoms with E-state index in [2.05, 4.69) is 29.6 Å². The van der Waals surface area contributed by atoms with Gasteiger partial charge in [0.1, 0.15) is 12.6 Å². The lowest BCUT2D eigenvalue weighted by Gasteiger charge is -2.36. The summed E-state index contributed by atoms with van der Waals surface area (Å²) in [6, 6.07) is 15.0. The molecule has 0 saturated carbocycles. The Morgan fingerprint density at radius 1 is 1.03 bits per heavy atom. The molecule has 1 heterocycles. The van der Waals surface area contributed by atoms with Crippen LogP contribution in [0.2, 0.25) is 0 Å². The molecule has 7 nitrogen and oxygen atoms in total. The van der Waals surface area contributed by atoms with Gasteiger partial charge in [-0.1, -0.05) is 55.5 Å². The molecule has 2 amide bonds. The topological polar surface area (TPSA) is 95.9 Å². The van der Waals surface area contributed by atoms with Gasteiger partial charge in [0.15, 0.2) is 0 Å². The first kappa shape index (κ1) is 22.8. The van der Waals surface area contributed by atoms with Gasteiger partial charge >= 0.3 is 12.1 Å². The fourth-order valence-electron chi connectivity index (χ4n) is 4.88. The Morgan fingerprint density at radius 2 is 1.64 bits per heavy atom. The number of aliphatic carboxylic acids is 1. The lowest BCUT2D eigenvalue weighted by atomic mass is 9.96. The molecular weight excluding hydrogens is 420 g/mol. The Bertz CT molecular complexity index is 1010. The molecule has 1 aliphatic heterocycles. The van der Waals surface area contributed by atoms with Crippen molar-refractivity contribution in [3.8, 4) is 11.1 Å². The van der Waals surface area contributed by atoms with Crippen molar-refractivity contribution in [2.24, 2.45) is 5.92 Å². The van der Waals surface area contributed by atoms with Crippen LogP contribution in [0.15, 0.2) is 48.5 Å². The van der Waals surface area contributed by atoms with Gasteiger partial charge in [-0.25, -0.2) is 9.59 Å². The van der Waals surface area contributed by atoms with Crippen LogP contribution in [-0.4, -0.2) is 53.2 Å². The molecule has 1 aliphatic carbocycles. The second kappa shape index (κ2) is 9.65. The molecular formula is C26H30N2O5. The molecule has 0 bridgehead atoms. The first-order valence-corrected chi connectivity index (χ1v) is 11.5. The van der Waals surface area contributed by atoms with Crippen LogP contribution in [0.5, 0.6) is 0 Å². The van der Waals surface area contributed by atoms with Crippen LogP contribution in [0.3, 0.4) is 0 Å². The van der Waals surface area contributed by atoms with Crippen molar-refractivity contribution in [1.82, 2.24) is 10.2 Å². The summed E-state index contributed by atoms with van der Waals surface area (Å²) in [4.78, 5) is 38.5. The Kier molecular flexibility index (Phi) is 6.67. The Hall–Kier alpha value is -3.35. The molecule has 3 unspecified atom stereocenters. The van der Waals surface area contributed by atoms with Gasteiger partial charge in [-0.3, -0.25) is 4.79 Å². The number of carboxylic acid groups (broad SMARTS) is 1. The first-order chi connectivity index (χ1) is 15.9. The summed E-state index contributed by atoms with van der Waals surface area (Å²) in [6.07, 6.45) is 1.46. The largest absolute Gasteiger partial charge is 0.480 e. The number of rotatable bonds is 6. The number of amides is 2. The van der Waals surface area contributed by atoms with Crippen LogP contribution in [0.1, 0.15) is 50.2 Å². The molecule has 2 aliphatic rings. The number of piperidine rings is 1. The van der Waals surface area contributed by atoms with Crippen LogP contribution >= 0.6 is 0 Å². The highest BCUT2D eigenvalue weighted by atomic mass is 16.5. The highest BCUT2D eigenvalue weighted by molar-refractivity contribution is 5.86. The maximum absolute atomic E-state index is 12.9. The lowest BCUT2D eigenvalue weighted by Crippen LogP contribution is -2.53. The third kappa shape index (κ3) is 4.58. The minimum atomic E-state index is -0.979. The van der Waals surface area contributed by atoms with Gasteiger partial charge in [0, 0.05) is 18.5 Å². The second-order valence-electron chi connectivity index (χ2n) is 8.93. The summed E-state index contributed by atoms with van der Waals surface area (Å²) in [5.74, 6) is -1.84. The van der Waals surface area contributed by atoms with Crippen molar-refractivity contribution >= 4 is 18.0 Å². The molecule has 33 heavy (non-hydrogen) atoms. The average Bonchev–Trinajstić information content (AvgIpc) is 3.15. The van der Waals surface area contributed by atoms with Crippen molar-refractivity contribution < 1.29 is 24.2 Å². The molecule has 4 rings (SSSR count). The molecule has 0 radical (unpaired) electrons. The predicted octanol–water partition coefficient (Wildman–Crippen LogP) is 4.02. The maximum atomic E-state index is 12.9. The van der Waals surface area contributed by atoms with E-state index in [0.29, 0.717) is 13.0 Å². The maximum Gasteiger partial charge on any atom is 0.407 e. The average molecular weight is 451 g/mol. The van der Waals surface area contributed by atoms with Crippen LogP contribution in [0.4, 0.5) is 4.79 Å². The summed E-state index contributed by atoms with van der Waals surface area (Å²) < 4.78 is 5.58. The van der Waals surface area contributed by atoms with E-state index in [1.807, 2.05) is 24.3 Å². The number of carbonyl (C=O) groups is 3. The molecule has 1 saturated heterocycles. The van der Waals surface area contributed by atoms with E-state index in [-0.39, 0.29) is 18.4 Å². The summed E-state index contributed by atoms with van der Waals surface area (Å²) in [6.45, 7) is 4.08. The van der Waals surface area contributed by atoms with E-state index in [1.165, 1.54) is 4.90 Å². The van der Waals surface area contributed by atoms with Gasteiger partial charge in [-0.15, -0.1) is 0 Å². The van der Waals surface area contributed by atoms with Crippen LogP contribution < -0.4 is 5.32 Å². The highest BCUT2D eigenvalue weighted by Crippen LogP contribution is 2.44. The predicted molar refractivity (Wildman–Crippen MR) is 124 cm³/mol. The van der Waals surface area contributed by atoms with Crippen molar-refractivity contribution in [3.05, 3.63) is 59.7 Å². The summed E-state index contributed by atoms with van der Waals surface area (Å²) in [5.41, 5.74) is 4.58. The number of hydrogen-bond acceptors (Lipinski definition) is 4. The SMILES string of the molecule is CC(NC(=O)OCC1c2ccccc2-c2ccccc21)C(C)C(=O)N1CCCCC1C(=O)O. The Labute approximate surface area is 193 Å². The van der Waals surface area contributed by atoms with Crippen LogP contribution in [0.25, 0.3) is 11.1 Å². The highest BCUT2D eigenvalue weighted by Gasteiger charge is 2.36. The minimum absolute atomic E-state index is 0.0396. The van der Waals surface area contributed by atoms with E-state index < -0.39 is 30.1 Å². The van der Waals surface area contributed by atoms with E-state index in [4.69, 9.17) is 4.74 Å². The van der Waals surface area contributed by atoms with Gasteiger partial charge in [0.2, 0.25) is 5.91 Å². The van der Waals surface area contributed by atoms with Gasteiger partial charge < -0.3 is 20.1 Å². The van der Waals surface area contributed by atoms with E-state index in [1.54, 1.807) is 13.8 Å². The van der Waals surface area contributed by atoms with Crippen molar-refractivity contribution in [3.63, 3.8) is 0 Å². The van der Waals surface area contributed by atoms with Crippen LogP contribution in [0, 0.1) is 5.92 Å². The molecule has 2 aromatic carbocycles. The molecule has 0 aromatic heterocycles. The number of nitrogens with one attached hydrogen (secondary N) is 1. The van der Waals surface area contributed by atoms with Gasteiger partial charge in [-0.2, -0.15) is 0 Å². The van der Waals surface area contributed by atoms with E-state index in [0.717, 1.165) is 35.1 Å². The minimum Gasteiger partial charge on any atom is -0.480 e. The van der Waals surface area contributed by atoms with Gasteiger partial charge in [0.05, 0.1) is 5.92 Å². The number of carboxylic acids is 1. The van der Waals surface area contributed by atoms with Crippen molar-refractivity contribution in [2.75, 3.05) is 13.2 Å². The number of carbonyl (C=O) groups excluding carboxylic acids is 2. The molecule has 1 fully saturated rings. The summed E-state index contributed by atoms with van der Waals surface area (Å²) >= 11 is 0. The molecule has 7 heteroatoms. The fraction of sp³-hybridized carbons (Fsp3) is 0.423. The first-order valence-electron chi connectivity index (χ1n) is 11.5. The molecule has 0 spiro atoms. The monoisotopic (exact) mass is 450 g/mol. The fourth-order valence-corrected chi connectivity index (χ4v) is 4.88. The van der Waals surface area contributed by atoms with Gasteiger partial charge in [0.25, 0.3) is 0 Å². The third-order valence-corrected chi connectivity index (χ3v) is 6.90. The Balaban J connectivity index is 1.36. The molecule has 174 valence electrons. The molecule has 3 atom stereocenters. The van der Waals surface area contributed by atoms with Crippen molar-refractivity contribution in [1.29, 1.82) is 0 Å². The number of benzene rings is 2. The number of fused-ring (bicyclic) bond motifs is 3. The zero-order chi connectivity index (χ0) is 23.5. The molecule has 2 aromatic rings. The number of likely N-dealkylation sites (tertiary alicyclic amines) is 1.